The van der Waals surface area contributed by atoms with Crippen molar-refractivity contribution < 1.29 is 9.90 Å². The van der Waals surface area contributed by atoms with Crippen molar-refractivity contribution in [2.45, 2.75) is 6.42 Å². The quantitative estimate of drug-likeness (QED) is 0.682. The molecule has 1 rings (SSSR count). The highest BCUT2D eigenvalue weighted by molar-refractivity contribution is 7.78. The number of nitrogens with zero attached hydrogens (tertiary/aromatic N) is 2. The van der Waals surface area contributed by atoms with Gasteiger partial charge >= 0.3 is 5.97 Å². The van der Waals surface area contributed by atoms with Gasteiger partial charge < -0.3 is 15.4 Å². The standard InChI is InChI=1S/C7H9N3O2S/c1-10-4(2-3-13)9-5(6(10)8)7(11)12/h3H,2,8H2,1H3,(H,11,12). The molecule has 1 aromatic heterocycles. The number of carbonyl (C=O) groups is 1. The van der Waals surface area contributed by atoms with E-state index in [0.717, 1.165) is 0 Å². The zero-order chi connectivity index (χ0) is 10.0. The maximum Gasteiger partial charge on any atom is 0.358 e. The molecule has 0 aliphatic rings. The molecule has 0 unspecified atom stereocenters. The van der Waals surface area contributed by atoms with Crippen LogP contribution in [-0.4, -0.2) is 26.0 Å². The molecule has 0 aliphatic heterocycles. The number of nitrogens with two attached hydrogens (primary N) is 1. The molecule has 0 aliphatic carbocycles. The zero-order valence-corrected chi connectivity index (χ0v) is 7.84. The second-order valence-corrected chi connectivity index (χ2v) is 2.83. The van der Waals surface area contributed by atoms with E-state index in [9.17, 15) is 4.79 Å². The minimum Gasteiger partial charge on any atom is -0.476 e. The van der Waals surface area contributed by atoms with Gasteiger partial charge in [0.25, 0.3) is 0 Å². The van der Waals surface area contributed by atoms with Crippen LogP contribution in [0.1, 0.15) is 16.3 Å². The van der Waals surface area contributed by atoms with Gasteiger partial charge in [-0.05, 0) is 5.37 Å². The molecule has 70 valence electrons. The number of anilines is 1. The summed E-state index contributed by atoms with van der Waals surface area (Å²) in [7, 11) is 1.66. The summed E-state index contributed by atoms with van der Waals surface area (Å²) in [6.07, 6.45) is 0.434. The molecule has 0 radical (unpaired) electrons. The molecule has 13 heavy (non-hydrogen) atoms. The normalized spacial score (nSPS) is 9.92. The second-order valence-electron chi connectivity index (χ2n) is 2.50. The maximum absolute atomic E-state index is 10.6. The topological polar surface area (TPSA) is 81.1 Å². The van der Waals surface area contributed by atoms with Crippen molar-refractivity contribution in [1.29, 1.82) is 0 Å². The lowest BCUT2D eigenvalue weighted by molar-refractivity contribution is 0.0692. The molecule has 0 spiro atoms. The SMILES string of the molecule is Cn1c(CC=S)nc(C(=O)O)c1N. The Kier molecular flexibility index (Phi) is 2.62. The summed E-state index contributed by atoms with van der Waals surface area (Å²) < 4.78 is 1.52. The lowest BCUT2D eigenvalue weighted by Gasteiger charge is -1.97. The molecule has 0 amide bonds. The third-order valence-corrected chi connectivity index (χ3v) is 1.87. The fourth-order valence-corrected chi connectivity index (χ4v) is 1.12. The van der Waals surface area contributed by atoms with E-state index in [0.29, 0.717) is 12.2 Å². The minimum absolute atomic E-state index is 0.116. The minimum atomic E-state index is -1.12. The van der Waals surface area contributed by atoms with Crippen molar-refractivity contribution in [3.8, 4) is 0 Å². The Bertz CT molecular complexity index is 359. The van der Waals surface area contributed by atoms with Gasteiger partial charge in [0.15, 0.2) is 5.69 Å². The molecule has 0 fully saturated rings. The molecule has 0 saturated heterocycles. The van der Waals surface area contributed by atoms with Crippen LogP contribution >= 0.6 is 12.2 Å². The average Bonchev–Trinajstić information content (AvgIpc) is 2.33. The summed E-state index contributed by atoms with van der Waals surface area (Å²) in [6.45, 7) is 0. The van der Waals surface area contributed by atoms with E-state index in [1.807, 2.05) is 0 Å². The zero-order valence-electron chi connectivity index (χ0n) is 7.02. The first-order chi connectivity index (χ1) is 6.07. The van der Waals surface area contributed by atoms with Crippen molar-refractivity contribution in [2.24, 2.45) is 7.05 Å². The number of imidazole rings is 1. The Balaban J connectivity index is 3.19. The van der Waals surface area contributed by atoms with Gasteiger partial charge in [-0.3, -0.25) is 0 Å². The first kappa shape index (κ1) is 9.66. The Hall–Kier alpha value is -1.43. The van der Waals surface area contributed by atoms with Crippen LogP contribution in [0.25, 0.3) is 0 Å². The predicted octanol–water partition coefficient (Wildman–Crippen LogP) is 0.243. The summed E-state index contributed by atoms with van der Waals surface area (Å²) in [4.78, 5) is 14.4. The highest BCUT2D eigenvalue weighted by Gasteiger charge is 2.16. The summed E-state index contributed by atoms with van der Waals surface area (Å²) in [6, 6.07) is 0. The molecule has 1 aromatic rings. The van der Waals surface area contributed by atoms with Crippen LogP contribution in [0.4, 0.5) is 5.82 Å². The summed E-state index contributed by atoms with van der Waals surface area (Å²) in [5.41, 5.74) is 5.39. The van der Waals surface area contributed by atoms with Crippen molar-refractivity contribution >= 4 is 29.4 Å². The van der Waals surface area contributed by atoms with Gasteiger partial charge in [0, 0.05) is 13.5 Å². The highest BCUT2D eigenvalue weighted by Crippen LogP contribution is 2.12. The largest absolute Gasteiger partial charge is 0.476 e. The molecule has 0 bridgehead atoms. The van der Waals surface area contributed by atoms with Crippen molar-refractivity contribution in [3.63, 3.8) is 0 Å². The molecule has 0 atom stereocenters. The van der Waals surface area contributed by atoms with Gasteiger partial charge in [-0.2, -0.15) is 0 Å². The van der Waals surface area contributed by atoms with Gasteiger partial charge in [-0.15, -0.1) is 0 Å². The molecule has 3 N–H and O–H groups in total. The Morgan fingerprint density at radius 2 is 2.46 bits per heavy atom. The summed E-state index contributed by atoms with van der Waals surface area (Å²) in [5, 5.41) is 10.2. The Morgan fingerprint density at radius 3 is 2.85 bits per heavy atom. The second kappa shape index (κ2) is 3.53. The molecule has 0 aromatic carbocycles. The van der Waals surface area contributed by atoms with Crippen LogP contribution in [-0.2, 0) is 13.5 Å². The number of aromatic nitrogens is 2. The monoisotopic (exact) mass is 199 g/mol. The van der Waals surface area contributed by atoms with E-state index in [1.54, 1.807) is 7.05 Å². The van der Waals surface area contributed by atoms with Crippen LogP contribution in [0, 0.1) is 0 Å². The third kappa shape index (κ3) is 1.67. The molecule has 5 nitrogen and oxygen atoms in total. The van der Waals surface area contributed by atoms with Gasteiger partial charge in [-0.25, -0.2) is 9.78 Å². The van der Waals surface area contributed by atoms with Crippen molar-refractivity contribution in [1.82, 2.24) is 9.55 Å². The number of carboxylic acid groups (broad SMARTS) is 1. The summed E-state index contributed by atoms with van der Waals surface area (Å²) >= 11 is 4.65. The first-order valence-corrected chi connectivity index (χ1v) is 4.03. The van der Waals surface area contributed by atoms with Crippen LogP contribution in [0.15, 0.2) is 0 Å². The van der Waals surface area contributed by atoms with Crippen molar-refractivity contribution in [2.75, 3.05) is 5.73 Å². The lowest BCUT2D eigenvalue weighted by atomic mass is 10.4. The van der Waals surface area contributed by atoms with Gasteiger partial charge in [0.2, 0.25) is 0 Å². The van der Waals surface area contributed by atoms with E-state index in [4.69, 9.17) is 10.8 Å². The number of hydrogen-bond donors (Lipinski definition) is 2. The Labute approximate surface area is 80.2 Å². The third-order valence-electron chi connectivity index (χ3n) is 1.70. The average molecular weight is 199 g/mol. The van der Waals surface area contributed by atoms with Gasteiger partial charge in [0.05, 0.1) is 0 Å². The van der Waals surface area contributed by atoms with Crippen molar-refractivity contribution in [3.05, 3.63) is 11.5 Å². The van der Waals surface area contributed by atoms with Crippen LogP contribution in [0.3, 0.4) is 0 Å². The first-order valence-electron chi connectivity index (χ1n) is 3.56. The molecular formula is C7H9N3O2S. The number of carboxylic acids is 1. The summed E-state index contributed by atoms with van der Waals surface area (Å²) in [5.74, 6) is -0.409. The smallest absolute Gasteiger partial charge is 0.358 e. The fraction of sp³-hybridized carbons (Fsp3) is 0.286. The highest BCUT2D eigenvalue weighted by atomic mass is 32.1. The molecular weight excluding hydrogens is 190 g/mol. The van der Waals surface area contributed by atoms with E-state index in [2.05, 4.69) is 17.2 Å². The molecule has 6 heteroatoms. The van der Waals surface area contributed by atoms with E-state index < -0.39 is 5.97 Å². The fourth-order valence-electron chi connectivity index (χ4n) is 0.974. The van der Waals surface area contributed by atoms with Crippen LogP contribution < -0.4 is 5.73 Å². The van der Waals surface area contributed by atoms with Gasteiger partial charge in [0.1, 0.15) is 11.6 Å². The number of nitrogen functional groups attached to an aromatic ring is 1. The van der Waals surface area contributed by atoms with Crippen LogP contribution in [0.2, 0.25) is 0 Å². The lowest BCUT2D eigenvalue weighted by Crippen LogP contribution is -2.04. The number of hydrogen-bond acceptors (Lipinski definition) is 4. The van der Waals surface area contributed by atoms with E-state index in [1.165, 1.54) is 9.93 Å². The van der Waals surface area contributed by atoms with E-state index in [-0.39, 0.29) is 11.5 Å². The molecule has 0 saturated carbocycles. The number of rotatable bonds is 3. The molecule has 1 heterocycles. The maximum atomic E-state index is 10.6. The number of aromatic carboxylic acids is 1. The number of thiocarbonyl (C=S) groups is 1. The Morgan fingerprint density at radius 1 is 1.85 bits per heavy atom. The predicted molar refractivity (Wildman–Crippen MR) is 51.9 cm³/mol. The van der Waals surface area contributed by atoms with E-state index >= 15 is 0 Å². The van der Waals surface area contributed by atoms with Crippen LogP contribution in [0.5, 0.6) is 0 Å². The van der Waals surface area contributed by atoms with Gasteiger partial charge in [-0.1, -0.05) is 12.2 Å².